The fourth-order valence-corrected chi connectivity index (χ4v) is 2.26. The molecular weight excluding hydrogens is 284 g/mol. The van der Waals surface area contributed by atoms with Gasteiger partial charge < -0.3 is 15.7 Å². The second-order valence-electron chi connectivity index (χ2n) is 4.77. The predicted octanol–water partition coefficient (Wildman–Crippen LogP) is 2.61. The highest BCUT2D eigenvalue weighted by Crippen LogP contribution is 2.25. The molecule has 2 rings (SSSR count). The van der Waals surface area contributed by atoms with Crippen molar-refractivity contribution in [2.45, 2.75) is 6.92 Å². The van der Waals surface area contributed by atoms with Crippen molar-refractivity contribution in [3.8, 4) is 5.75 Å². The van der Waals surface area contributed by atoms with Crippen LogP contribution in [0.15, 0.2) is 42.5 Å². The third-order valence-corrected chi connectivity index (χ3v) is 3.44. The van der Waals surface area contributed by atoms with Gasteiger partial charge in [0.2, 0.25) is 0 Å². The van der Waals surface area contributed by atoms with Crippen LogP contribution >= 0.6 is 12.2 Å². The Labute approximate surface area is 128 Å². The Bertz CT molecular complexity index is 713. The van der Waals surface area contributed by atoms with Crippen molar-refractivity contribution in [1.82, 2.24) is 0 Å². The largest absolute Gasteiger partial charge is 0.507 e. The Kier molecular flexibility index (Phi) is 4.23. The monoisotopic (exact) mass is 300 g/mol. The Balaban J connectivity index is 2.42. The van der Waals surface area contributed by atoms with Crippen molar-refractivity contribution >= 4 is 28.8 Å². The lowest BCUT2D eigenvalue weighted by Gasteiger charge is -2.21. The van der Waals surface area contributed by atoms with Gasteiger partial charge in [-0.05, 0) is 36.8 Å². The van der Waals surface area contributed by atoms with Gasteiger partial charge in [-0.25, -0.2) is 0 Å². The van der Waals surface area contributed by atoms with Gasteiger partial charge in [0.25, 0.3) is 5.91 Å². The van der Waals surface area contributed by atoms with Gasteiger partial charge in [0, 0.05) is 12.6 Å². The van der Waals surface area contributed by atoms with Gasteiger partial charge in [-0.3, -0.25) is 4.79 Å². The highest BCUT2D eigenvalue weighted by molar-refractivity contribution is 7.80. The summed E-state index contributed by atoms with van der Waals surface area (Å²) in [5.41, 5.74) is 8.03. The summed E-state index contributed by atoms with van der Waals surface area (Å²) in [4.78, 5) is 14.2. The molecule has 108 valence electrons. The molecule has 3 N–H and O–H groups in total. The number of amides is 1. The molecule has 0 atom stereocenters. The van der Waals surface area contributed by atoms with Gasteiger partial charge >= 0.3 is 0 Å². The first kappa shape index (κ1) is 15.0. The molecule has 0 aliphatic rings. The van der Waals surface area contributed by atoms with Gasteiger partial charge in [-0.2, -0.15) is 0 Å². The average Bonchev–Trinajstić information content (AvgIpc) is 2.45. The molecule has 0 unspecified atom stereocenters. The lowest BCUT2D eigenvalue weighted by molar-refractivity contribution is 0.0990. The number of thiocarbonyl (C=S) groups is 1. The number of phenols is 1. The summed E-state index contributed by atoms with van der Waals surface area (Å²) < 4.78 is 0. The van der Waals surface area contributed by atoms with E-state index in [0.717, 1.165) is 5.56 Å². The van der Waals surface area contributed by atoms with Gasteiger partial charge in [-0.1, -0.05) is 30.4 Å². The van der Waals surface area contributed by atoms with Crippen LogP contribution in [-0.2, 0) is 0 Å². The van der Waals surface area contributed by atoms with E-state index >= 15 is 0 Å². The summed E-state index contributed by atoms with van der Waals surface area (Å²) in [7, 11) is 1.62. The fourth-order valence-electron chi connectivity index (χ4n) is 2.09. The van der Waals surface area contributed by atoms with Crippen molar-refractivity contribution in [1.29, 1.82) is 0 Å². The zero-order valence-corrected chi connectivity index (χ0v) is 12.6. The Morgan fingerprint density at radius 2 is 1.86 bits per heavy atom. The number of hydrogen-bond donors (Lipinski definition) is 2. The zero-order valence-electron chi connectivity index (χ0n) is 11.8. The van der Waals surface area contributed by atoms with E-state index < -0.39 is 0 Å². The Morgan fingerprint density at radius 3 is 2.48 bits per heavy atom. The standard InChI is InChI=1S/C16H16N2O2S/c1-10-7-8-12(14(19)9-10)16(20)18(2)13-6-4-3-5-11(13)15(17)21/h3-9,19H,1-2H3,(H2,17,21). The van der Waals surface area contributed by atoms with E-state index in [2.05, 4.69) is 0 Å². The van der Waals surface area contributed by atoms with E-state index in [4.69, 9.17) is 18.0 Å². The van der Waals surface area contributed by atoms with E-state index in [1.807, 2.05) is 6.92 Å². The molecule has 0 saturated heterocycles. The third-order valence-electron chi connectivity index (χ3n) is 3.22. The van der Waals surface area contributed by atoms with Gasteiger partial charge in [0.15, 0.2) is 0 Å². The smallest absolute Gasteiger partial charge is 0.261 e. The number of aryl methyl sites for hydroxylation is 1. The van der Waals surface area contributed by atoms with Crippen LogP contribution in [0.2, 0.25) is 0 Å². The van der Waals surface area contributed by atoms with E-state index in [9.17, 15) is 9.90 Å². The first-order valence-corrected chi connectivity index (χ1v) is 6.79. The van der Waals surface area contributed by atoms with E-state index in [1.165, 1.54) is 4.90 Å². The molecule has 21 heavy (non-hydrogen) atoms. The molecule has 5 heteroatoms. The van der Waals surface area contributed by atoms with E-state index in [1.54, 1.807) is 49.5 Å². The molecule has 0 heterocycles. The number of carbonyl (C=O) groups excluding carboxylic acids is 1. The van der Waals surface area contributed by atoms with Crippen molar-refractivity contribution in [2.24, 2.45) is 5.73 Å². The summed E-state index contributed by atoms with van der Waals surface area (Å²) in [6.45, 7) is 1.85. The number of phenolic OH excluding ortho intramolecular Hbond substituents is 1. The first-order valence-electron chi connectivity index (χ1n) is 6.38. The molecule has 0 spiro atoms. The highest BCUT2D eigenvalue weighted by Gasteiger charge is 2.19. The summed E-state index contributed by atoms with van der Waals surface area (Å²) >= 11 is 5.01. The predicted molar refractivity (Wildman–Crippen MR) is 87.9 cm³/mol. The molecule has 2 aromatic rings. The summed E-state index contributed by atoms with van der Waals surface area (Å²) in [6.07, 6.45) is 0. The molecule has 4 nitrogen and oxygen atoms in total. The van der Waals surface area contributed by atoms with Crippen molar-refractivity contribution in [3.63, 3.8) is 0 Å². The van der Waals surface area contributed by atoms with Gasteiger partial charge in [0.05, 0.1) is 11.3 Å². The molecule has 2 aromatic carbocycles. The molecule has 0 aromatic heterocycles. The first-order chi connectivity index (χ1) is 9.91. The maximum atomic E-state index is 12.5. The molecule has 0 bridgehead atoms. The van der Waals surface area contributed by atoms with E-state index in [-0.39, 0.29) is 22.2 Å². The summed E-state index contributed by atoms with van der Waals surface area (Å²) in [6, 6.07) is 12.1. The number of nitrogens with zero attached hydrogens (tertiary/aromatic N) is 1. The summed E-state index contributed by atoms with van der Waals surface area (Å²) in [5.74, 6) is -0.365. The molecular formula is C16H16N2O2S. The second-order valence-corrected chi connectivity index (χ2v) is 5.21. The molecule has 1 amide bonds. The molecule has 0 aliphatic carbocycles. The Morgan fingerprint density at radius 1 is 1.19 bits per heavy atom. The van der Waals surface area contributed by atoms with Crippen LogP contribution in [-0.4, -0.2) is 23.0 Å². The topological polar surface area (TPSA) is 66.6 Å². The maximum Gasteiger partial charge on any atom is 0.261 e. The number of aromatic hydroxyl groups is 1. The SMILES string of the molecule is Cc1ccc(C(=O)N(C)c2ccccc2C(N)=S)c(O)c1. The number of hydrogen-bond acceptors (Lipinski definition) is 3. The van der Waals surface area contributed by atoms with Crippen LogP contribution in [0.3, 0.4) is 0 Å². The normalized spacial score (nSPS) is 10.2. The minimum atomic E-state index is -0.323. The number of rotatable bonds is 3. The highest BCUT2D eigenvalue weighted by atomic mass is 32.1. The van der Waals surface area contributed by atoms with Gasteiger partial charge in [-0.15, -0.1) is 0 Å². The van der Waals surface area contributed by atoms with Crippen LogP contribution in [0.5, 0.6) is 5.75 Å². The maximum absolute atomic E-state index is 12.5. The number of para-hydroxylation sites is 1. The van der Waals surface area contributed by atoms with Crippen LogP contribution in [0.25, 0.3) is 0 Å². The van der Waals surface area contributed by atoms with Crippen LogP contribution < -0.4 is 10.6 Å². The number of anilines is 1. The average molecular weight is 300 g/mol. The van der Waals surface area contributed by atoms with Crippen molar-refractivity contribution in [2.75, 3.05) is 11.9 Å². The third kappa shape index (κ3) is 3.03. The lowest BCUT2D eigenvalue weighted by Crippen LogP contribution is -2.28. The number of carbonyl (C=O) groups is 1. The van der Waals surface area contributed by atoms with Crippen LogP contribution in [0, 0.1) is 6.92 Å². The minimum absolute atomic E-state index is 0.0420. The van der Waals surface area contributed by atoms with Crippen molar-refractivity contribution in [3.05, 3.63) is 59.2 Å². The van der Waals surface area contributed by atoms with Crippen LogP contribution in [0.1, 0.15) is 21.5 Å². The lowest BCUT2D eigenvalue weighted by atomic mass is 10.1. The van der Waals surface area contributed by atoms with Crippen molar-refractivity contribution < 1.29 is 9.90 Å². The van der Waals surface area contributed by atoms with E-state index in [0.29, 0.717) is 11.3 Å². The summed E-state index contributed by atoms with van der Waals surface area (Å²) in [5, 5.41) is 9.94. The zero-order chi connectivity index (χ0) is 15.6. The molecule has 0 saturated carbocycles. The molecule has 0 radical (unpaired) electrons. The van der Waals surface area contributed by atoms with Crippen LogP contribution in [0.4, 0.5) is 5.69 Å². The Hall–Kier alpha value is -2.40. The quantitative estimate of drug-likeness (QED) is 0.855. The second kappa shape index (κ2) is 5.93. The number of benzene rings is 2. The number of nitrogens with two attached hydrogens (primary N) is 1. The fraction of sp³-hybridized carbons (Fsp3) is 0.125. The minimum Gasteiger partial charge on any atom is -0.507 e. The molecule has 0 fully saturated rings. The van der Waals surface area contributed by atoms with Gasteiger partial charge in [0.1, 0.15) is 10.7 Å². The molecule has 0 aliphatic heterocycles.